The van der Waals surface area contributed by atoms with Gasteiger partial charge in [0, 0.05) is 6.42 Å². The van der Waals surface area contributed by atoms with E-state index in [1.165, 1.54) is 5.56 Å². The van der Waals surface area contributed by atoms with Gasteiger partial charge in [-0.3, -0.25) is 4.79 Å². The van der Waals surface area contributed by atoms with Gasteiger partial charge in [-0.15, -0.1) is 0 Å². The topological polar surface area (TPSA) is 66.8 Å². The molecular weight excluding hydrogens is 340 g/mol. The van der Waals surface area contributed by atoms with Gasteiger partial charge >= 0.3 is 5.97 Å². The van der Waals surface area contributed by atoms with E-state index in [1.807, 2.05) is 18.2 Å². The molecule has 1 fully saturated rings. The molecule has 4 heteroatoms. The molecule has 2 aliphatic rings. The van der Waals surface area contributed by atoms with Crippen molar-refractivity contribution in [2.24, 2.45) is 11.8 Å². The quantitative estimate of drug-likeness (QED) is 0.626. The first-order chi connectivity index (χ1) is 13.1. The van der Waals surface area contributed by atoms with E-state index in [1.54, 1.807) is 0 Å². The first kappa shape index (κ1) is 20.1. The predicted octanol–water partition coefficient (Wildman–Crippen LogP) is 3.80. The standard InChI is InChI=1S/C23H32O4/c24-21-16-22(25)20-15-14-18(13-12-17-8-4-3-5-9-17)27-23(26)11-7-2-1-6-10-19(20)21/h1,3-6,8-9,18-22,24-25H,2,7,10-16H2/t18-,19-,20?,21+,22-/m1/s1. The lowest BCUT2D eigenvalue weighted by molar-refractivity contribution is -0.150. The molecule has 4 nitrogen and oxygen atoms in total. The fourth-order valence-electron chi connectivity index (χ4n) is 4.50. The number of aliphatic hydroxyl groups is 2. The van der Waals surface area contributed by atoms with Crippen molar-refractivity contribution in [1.82, 2.24) is 0 Å². The Morgan fingerprint density at radius 2 is 1.78 bits per heavy atom. The van der Waals surface area contributed by atoms with Crippen LogP contribution < -0.4 is 0 Å². The lowest BCUT2D eigenvalue weighted by atomic mass is 9.85. The van der Waals surface area contributed by atoms with E-state index >= 15 is 0 Å². The predicted molar refractivity (Wildman–Crippen MR) is 105 cm³/mol. The number of ether oxygens (including phenoxy) is 1. The molecule has 3 rings (SSSR count). The van der Waals surface area contributed by atoms with Gasteiger partial charge < -0.3 is 14.9 Å². The Labute approximate surface area is 162 Å². The minimum atomic E-state index is -0.464. The summed E-state index contributed by atoms with van der Waals surface area (Å²) in [5, 5.41) is 20.7. The molecule has 1 aromatic carbocycles. The lowest BCUT2D eigenvalue weighted by Crippen LogP contribution is -2.25. The first-order valence-corrected chi connectivity index (χ1v) is 10.4. The van der Waals surface area contributed by atoms with Gasteiger partial charge in [-0.2, -0.15) is 0 Å². The number of aliphatic hydroxyl groups excluding tert-OH is 2. The Morgan fingerprint density at radius 1 is 1.00 bits per heavy atom. The van der Waals surface area contributed by atoms with Crippen LogP contribution in [0.25, 0.3) is 0 Å². The maximum absolute atomic E-state index is 12.2. The van der Waals surface area contributed by atoms with Crippen LogP contribution in [0.5, 0.6) is 0 Å². The lowest BCUT2D eigenvalue weighted by Gasteiger charge is -2.25. The number of carbonyl (C=O) groups excluding carboxylic acids is 1. The zero-order valence-electron chi connectivity index (χ0n) is 16.0. The van der Waals surface area contributed by atoms with Crippen molar-refractivity contribution in [3.05, 3.63) is 48.0 Å². The second kappa shape index (κ2) is 10.0. The van der Waals surface area contributed by atoms with Crippen molar-refractivity contribution >= 4 is 5.97 Å². The van der Waals surface area contributed by atoms with Gasteiger partial charge in [0.1, 0.15) is 6.10 Å². The van der Waals surface area contributed by atoms with Gasteiger partial charge in [-0.05, 0) is 68.8 Å². The number of cyclic esters (lactones) is 1. The van der Waals surface area contributed by atoms with Crippen molar-refractivity contribution in [3.8, 4) is 0 Å². The molecule has 148 valence electrons. The zero-order chi connectivity index (χ0) is 19.1. The van der Waals surface area contributed by atoms with Crippen molar-refractivity contribution in [2.45, 2.75) is 76.1 Å². The van der Waals surface area contributed by atoms with Crippen LogP contribution in [0.3, 0.4) is 0 Å². The average molecular weight is 373 g/mol. The van der Waals surface area contributed by atoms with Gasteiger partial charge in [-0.25, -0.2) is 0 Å². The van der Waals surface area contributed by atoms with E-state index in [-0.39, 0.29) is 23.9 Å². The Hall–Kier alpha value is -1.65. The fourth-order valence-corrected chi connectivity index (χ4v) is 4.50. The average Bonchev–Trinajstić information content (AvgIpc) is 2.94. The molecule has 1 unspecified atom stereocenters. The number of benzene rings is 1. The third-order valence-corrected chi connectivity index (χ3v) is 6.07. The minimum Gasteiger partial charge on any atom is -0.462 e. The summed E-state index contributed by atoms with van der Waals surface area (Å²) in [6.45, 7) is 0. The molecule has 5 atom stereocenters. The molecular formula is C23H32O4. The molecule has 0 saturated heterocycles. The molecule has 1 aliphatic heterocycles. The number of carbonyl (C=O) groups is 1. The van der Waals surface area contributed by atoms with E-state index in [4.69, 9.17) is 4.74 Å². The highest BCUT2D eigenvalue weighted by Gasteiger charge is 2.40. The SMILES string of the molecule is O=C1CCCC=CC[C@@H]2C(CC[C@@H](CCc3ccccc3)O1)[C@H](O)C[C@@H]2O. The molecule has 0 radical (unpaired) electrons. The summed E-state index contributed by atoms with van der Waals surface area (Å²) in [5.41, 5.74) is 1.25. The second-order valence-corrected chi connectivity index (χ2v) is 8.01. The van der Waals surface area contributed by atoms with Crippen molar-refractivity contribution in [2.75, 3.05) is 0 Å². The summed E-state index contributed by atoms with van der Waals surface area (Å²) in [5.74, 6) is 0.0510. The van der Waals surface area contributed by atoms with Crippen molar-refractivity contribution < 1.29 is 19.7 Å². The number of allylic oxidation sites excluding steroid dienone is 2. The summed E-state index contributed by atoms with van der Waals surface area (Å²) in [6, 6.07) is 10.3. The van der Waals surface area contributed by atoms with Crippen molar-refractivity contribution in [3.63, 3.8) is 0 Å². The van der Waals surface area contributed by atoms with Crippen LogP contribution in [0, 0.1) is 11.8 Å². The van der Waals surface area contributed by atoms with Gasteiger partial charge in [0.15, 0.2) is 0 Å². The molecule has 2 N–H and O–H groups in total. The Balaban J connectivity index is 1.66. The fraction of sp³-hybridized carbons (Fsp3) is 0.609. The van der Waals surface area contributed by atoms with E-state index < -0.39 is 12.2 Å². The zero-order valence-corrected chi connectivity index (χ0v) is 16.0. The maximum atomic E-state index is 12.2. The highest BCUT2D eigenvalue weighted by molar-refractivity contribution is 5.69. The van der Waals surface area contributed by atoms with Gasteiger partial charge in [0.2, 0.25) is 0 Å². The summed E-state index contributed by atoms with van der Waals surface area (Å²) in [7, 11) is 0. The second-order valence-electron chi connectivity index (χ2n) is 8.01. The van der Waals surface area contributed by atoms with E-state index in [9.17, 15) is 15.0 Å². The molecule has 0 spiro atoms. The van der Waals surface area contributed by atoms with Crippen LogP contribution in [-0.2, 0) is 16.0 Å². The van der Waals surface area contributed by atoms with Crippen molar-refractivity contribution in [1.29, 1.82) is 0 Å². The molecule has 0 amide bonds. The normalized spacial score (nSPS) is 32.7. The summed E-state index contributed by atoms with van der Waals surface area (Å²) in [4.78, 5) is 12.2. The van der Waals surface area contributed by atoms with Crippen LogP contribution in [0.15, 0.2) is 42.5 Å². The molecule has 1 aliphatic carbocycles. The first-order valence-electron chi connectivity index (χ1n) is 10.4. The summed E-state index contributed by atoms with van der Waals surface area (Å²) >= 11 is 0. The maximum Gasteiger partial charge on any atom is 0.306 e. The van der Waals surface area contributed by atoms with Crippen LogP contribution in [0.4, 0.5) is 0 Å². The van der Waals surface area contributed by atoms with Crippen LogP contribution in [0.1, 0.15) is 56.9 Å². The number of hydrogen-bond donors (Lipinski definition) is 2. The van der Waals surface area contributed by atoms with Gasteiger partial charge in [0.05, 0.1) is 12.2 Å². The largest absolute Gasteiger partial charge is 0.462 e. The van der Waals surface area contributed by atoms with Crippen LogP contribution in [0.2, 0.25) is 0 Å². The van der Waals surface area contributed by atoms with E-state index in [0.717, 1.165) is 44.9 Å². The number of hydrogen-bond acceptors (Lipinski definition) is 4. The third-order valence-electron chi connectivity index (χ3n) is 6.07. The summed E-state index contributed by atoms with van der Waals surface area (Å²) in [6.07, 6.45) is 9.70. The number of aryl methyl sites for hydroxylation is 1. The number of rotatable bonds is 3. The Morgan fingerprint density at radius 3 is 2.59 bits per heavy atom. The van der Waals surface area contributed by atoms with Gasteiger partial charge in [0.25, 0.3) is 0 Å². The van der Waals surface area contributed by atoms with Crippen LogP contribution in [-0.4, -0.2) is 34.5 Å². The summed E-state index contributed by atoms with van der Waals surface area (Å²) < 4.78 is 5.79. The highest BCUT2D eigenvalue weighted by atomic mass is 16.5. The molecule has 1 heterocycles. The van der Waals surface area contributed by atoms with E-state index in [0.29, 0.717) is 12.8 Å². The van der Waals surface area contributed by atoms with Gasteiger partial charge in [-0.1, -0.05) is 42.5 Å². The third kappa shape index (κ3) is 5.91. The molecule has 1 saturated carbocycles. The Bertz CT molecular complexity index is 612. The molecule has 0 aromatic heterocycles. The highest BCUT2D eigenvalue weighted by Crippen LogP contribution is 2.39. The molecule has 27 heavy (non-hydrogen) atoms. The minimum absolute atomic E-state index is 0.0725. The monoisotopic (exact) mass is 372 g/mol. The number of esters is 1. The van der Waals surface area contributed by atoms with E-state index in [2.05, 4.69) is 24.3 Å². The van der Waals surface area contributed by atoms with Crippen LogP contribution >= 0.6 is 0 Å². The number of fused-ring (bicyclic) bond motifs is 1. The smallest absolute Gasteiger partial charge is 0.306 e. The molecule has 1 aromatic rings. The molecule has 0 bridgehead atoms. The Kier molecular flexibility index (Phi) is 7.48.